The van der Waals surface area contributed by atoms with Gasteiger partial charge in [0.15, 0.2) is 0 Å². The van der Waals surface area contributed by atoms with E-state index < -0.39 is 10.3 Å². The molecule has 3 aromatic rings. The lowest BCUT2D eigenvalue weighted by molar-refractivity contribution is -0.384. The van der Waals surface area contributed by atoms with Crippen LogP contribution in [0.15, 0.2) is 81.1 Å². The maximum absolute atomic E-state index is 12.6. The van der Waals surface area contributed by atoms with Gasteiger partial charge in [0.25, 0.3) is 5.69 Å². The number of nitro benzene ring substituents is 1. The molecule has 0 aliphatic heterocycles. The molecule has 0 aliphatic carbocycles. The highest BCUT2D eigenvalue weighted by Gasteiger charge is 2.27. The number of nitrogens with zero attached hydrogens (tertiary/aromatic N) is 6. The molecule has 0 saturated heterocycles. The van der Waals surface area contributed by atoms with E-state index in [9.17, 15) is 14.9 Å². The smallest absolute Gasteiger partial charge is 0.311 e. The van der Waals surface area contributed by atoms with Crippen molar-refractivity contribution < 1.29 is 19.2 Å². The van der Waals surface area contributed by atoms with E-state index in [1.807, 2.05) is 58.0 Å². The first kappa shape index (κ1) is 40.8. The number of aryl methyl sites for hydroxylation is 1. The van der Waals surface area contributed by atoms with Crippen molar-refractivity contribution in [1.29, 1.82) is 0 Å². The molecule has 0 bridgehead atoms. The SMILES string of the molecule is CCCCCCCCCCCCN(CCOC(=O)C(C)(C)CC)c1ccc(/N=N/c2cc(C)c(/N=N/c3ccc([N+](=O)[O-])cc3)cc2OC)cc1. The number of ether oxygens (including phenoxy) is 2. The van der Waals surface area contributed by atoms with Crippen LogP contribution in [0.5, 0.6) is 5.75 Å². The van der Waals surface area contributed by atoms with Crippen molar-refractivity contribution in [2.45, 2.75) is 105 Å². The largest absolute Gasteiger partial charge is 0.494 e. The Hall–Kier alpha value is -4.67. The molecule has 3 rings (SSSR count). The Morgan fingerprint density at radius 3 is 1.86 bits per heavy atom. The summed E-state index contributed by atoms with van der Waals surface area (Å²) in [4.78, 5) is 25.3. The molecule has 0 fully saturated rings. The van der Waals surface area contributed by atoms with Crippen LogP contribution in [0.25, 0.3) is 0 Å². The van der Waals surface area contributed by atoms with Crippen molar-refractivity contribution in [3.05, 3.63) is 76.3 Å². The fourth-order valence-corrected chi connectivity index (χ4v) is 5.35. The topological polar surface area (TPSA) is 131 Å². The Balaban J connectivity index is 1.64. The second kappa shape index (κ2) is 21.5. The molecular weight excluding hydrogens is 644 g/mol. The number of esters is 1. The first-order chi connectivity index (χ1) is 24.6. The average molecular weight is 701 g/mol. The summed E-state index contributed by atoms with van der Waals surface area (Å²) in [5.74, 6) is 0.327. The van der Waals surface area contributed by atoms with Crippen LogP contribution in [0.1, 0.15) is 104 Å². The number of anilines is 1. The van der Waals surface area contributed by atoms with Gasteiger partial charge in [0.1, 0.15) is 18.0 Å². The predicted molar refractivity (Wildman–Crippen MR) is 205 cm³/mol. The van der Waals surface area contributed by atoms with Crippen LogP contribution in [-0.4, -0.2) is 37.7 Å². The number of nitro groups is 1. The quantitative estimate of drug-likeness (QED) is 0.0318. The van der Waals surface area contributed by atoms with Gasteiger partial charge in [-0.25, -0.2) is 0 Å². The maximum atomic E-state index is 12.6. The van der Waals surface area contributed by atoms with Crippen molar-refractivity contribution in [2.24, 2.45) is 25.9 Å². The Morgan fingerprint density at radius 1 is 0.765 bits per heavy atom. The number of benzene rings is 3. The first-order valence-corrected chi connectivity index (χ1v) is 18.4. The minimum absolute atomic E-state index is 0.00730. The summed E-state index contributed by atoms with van der Waals surface area (Å²) in [6.45, 7) is 11.8. The molecule has 0 radical (unpaired) electrons. The number of non-ortho nitro benzene ring substituents is 1. The summed E-state index contributed by atoms with van der Waals surface area (Å²) in [5.41, 5.74) is 3.68. The Morgan fingerprint density at radius 2 is 1.31 bits per heavy atom. The van der Waals surface area contributed by atoms with Crippen molar-refractivity contribution in [3.8, 4) is 5.75 Å². The molecule has 0 spiro atoms. The van der Waals surface area contributed by atoms with E-state index in [0.717, 1.165) is 30.6 Å². The third kappa shape index (κ3) is 13.9. The third-order valence-corrected chi connectivity index (χ3v) is 9.13. The van der Waals surface area contributed by atoms with E-state index in [0.29, 0.717) is 41.7 Å². The fraction of sp³-hybridized carbons (Fsp3) is 0.525. The lowest BCUT2D eigenvalue weighted by Gasteiger charge is -2.26. The number of unbranched alkanes of at least 4 members (excludes halogenated alkanes) is 9. The van der Waals surface area contributed by atoms with E-state index in [2.05, 4.69) is 32.3 Å². The van der Waals surface area contributed by atoms with Crippen LogP contribution >= 0.6 is 0 Å². The van der Waals surface area contributed by atoms with Crippen LogP contribution in [0.2, 0.25) is 0 Å². The number of carbonyl (C=O) groups excluding carboxylic acids is 1. The summed E-state index contributed by atoms with van der Waals surface area (Å²) in [5, 5.41) is 28.4. The van der Waals surface area contributed by atoms with Crippen molar-refractivity contribution in [2.75, 3.05) is 31.7 Å². The van der Waals surface area contributed by atoms with Crippen LogP contribution in [0, 0.1) is 22.5 Å². The molecule has 11 nitrogen and oxygen atoms in total. The molecule has 276 valence electrons. The molecule has 0 N–H and O–H groups in total. The molecule has 0 saturated carbocycles. The maximum Gasteiger partial charge on any atom is 0.311 e. The van der Waals surface area contributed by atoms with Gasteiger partial charge in [-0.15, -0.1) is 5.11 Å². The zero-order chi connectivity index (χ0) is 37.1. The van der Waals surface area contributed by atoms with Gasteiger partial charge in [-0.1, -0.05) is 71.6 Å². The highest BCUT2D eigenvalue weighted by atomic mass is 16.6. The van der Waals surface area contributed by atoms with E-state index in [1.165, 1.54) is 69.9 Å². The van der Waals surface area contributed by atoms with Crippen molar-refractivity contribution >= 4 is 40.1 Å². The van der Waals surface area contributed by atoms with Crippen LogP contribution in [0.4, 0.5) is 34.1 Å². The Kier molecular flexibility index (Phi) is 17.2. The Bertz CT molecular complexity index is 1570. The van der Waals surface area contributed by atoms with E-state index in [-0.39, 0.29) is 11.7 Å². The number of hydrogen-bond donors (Lipinski definition) is 0. The molecular formula is C40H56N6O5. The van der Waals surface area contributed by atoms with E-state index in [4.69, 9.17) is 9.47 Å². The molecule has 0 amide bonds. The van der Waals surface area contributed by atoms with Crippen molar-refractivity contribution in [1.82, 2.24) is 0 Å². The molecule has 0 aliphatic rings. The normalized spacial score (nSPS) is 11.7. The van der Waals surface area contributed by atoms with Crippen LogP contribution in [0.3, 0.4) is 0 Å². The lowest BCUT2D eigenvalue weighted by Crippen LogP contribution is -2.32. The summed E-state index contributed by atoms with van der Waals surface area (Å²) in [7, 11) is 1.56. The second-order valence-corrected chi connectivity index (χ2v) is 13.5. The summed E-state index contributed by atoms with van der Waals surface area (Å²) >= 11 is 0. The second-order valence-electron chi connectivity index (χ2n) is 13.5. The monoisotopic (exact) mass is 700 g/mol. The number of rotatable bonds is 23. The van der Waals surface area contributed by atoms with Crippen molar-refractivity contribution in [3.63, 3.8) is 0 Å². The standard InChI is InChI=1S/C40H56N6O5/c1-7-9-10-11-12-13-14-15-16-17-26-45(27-28-51-39(47)40(4,5)8-2)34-22-18-32(19-23-34)42-44-37-29-31(3)36(30-38(37)50-6)43-41-33-20-24-35(25-21-33)46(48)49/h18-25,29-30H,7-17,26-28H2,1-6H3/b43-41+,44-42+. The highest BCUT2D eigenvalue weighted by Crippen LogP contribution is 2.37. The first-order valence-electron chi connectivity index (χ1n) is 18.4. The van der Waals surface area contributed by atoms with Gasteiger partial charge in [0, 0.05) is 30.4 Å². The lowest BCUT2D eigenvalue weighted by atomic mass is 9.91. The summed E-state index contributed by atoms with van der Waals surface area (Å²) in [6, 6.07) is 17.4. The molecule has 51 heavy (non-hydrogen) atoms. The number of carbonyl (C=O) groups is 1. The van der Waals surface area contributed by atoms with E-state index in [1.54, 1.807) is 25.3 Å². The zero-order valence-electron chi connectivity index (χ0n) is 31.4. The molecule has 0 aromatic heterocycles. The predicted octanol–water partition coefficient (Wildman–Crippen LogP) is 12.4. The fourth-order valence-electron chi connectivity index (χ4n) is 5.35. The minimum atomic E-state index is -0.491. The molecule has 11 heteroatoms. The molecule has 3 aromatic carbocycles. The average Bonchev–Trinajstić information content (AvgIpc) is 3.13. The summed E-state index contributed by atoms with van der Waals surface area (Å²) in [6.07, 6.45) is 13.5. The van der Waals surface area contributed by atoms with Gasteiger partial charge in [-0.2, -0.15) is 15.3 Å². The highest BCUT2D eigenvalue weighted by molar-refractivity contribution is 5.75. The number of hydrogen-bond acceptors (Lipinski definition) is 10. The van der Waals surface area contributed by atoms with Gasteiger partial charge in [0.05, 0.1) is 41.1 Å². The molecule has 0 heterocycles. The van der Waals surface area contributed by atoms with E-state index >= 15 is 0 Å². The van der Waals surface area contributed by atoms with Gasteiger partial charge < -0.3 is 14.4 Å². The van der Waals surface area contributed by atoms with Gasteiger partial charge >= 0.3 is 5.97 Å². The third-order valence-electron chi connectivity index (χ3n) is 9.13. The Labute approximate surface area is 303 Å². The molecule has 0 unspecified atom stereocenters. The van der Waals surface area contributed by atoms with Crippen LogP contribution in [-0.2, 0) is 9.53 Å². The number of methoxy groups -OCH3 is 1. The number of azo groups is 2. The minimum Gasteiger partial charge on any atom is -0.494 e. The zero-order valence-corrected chi connectivity index (χ0v) is 31.4. The van der Waals surface area contributed by atoms with Crippen LogP contribution < -0.4 is 9.64 Å². The summed E-state index contributed by atoms with van der Waals surface area (Å²) < 4.78 is 11.3. The van der Waals surface area contributed by atoms with Gasteiger partial charge in [0.2, 0.25) is 0 Å². The molecule has 0 atom stereocenters. The van der Waals surface area contributed by atoms with Gasteiger partial charge in [-0.05, 0) is 81.6 Å². The van der Waals surface area contributed by atoms with Gasteiger partial charge in [-0.3, -0.25) is 14.9 Å².